The first-order valence-electron chi connectivity index (χ1n) is 4.83. The monoisotopic (exact) mass is 214 g/mol. The lowest BCUT2D eigenvalue weighted by Gasteiger charge is -2.37. The molecule has 2 fully saturated rings. The second-order valence-corrected chi connectivity index (χ2v) is 4.59. The number of hydrogen-bond acceptors (Lipinski definition) is 2. The maximum Gasteiger partial charge on any atom is 0.0847 e. The van der Waals surface area contributed by atoms with Gasteiger partial charge in [0, 0.05) is 32.6 Å². The molecule has 0 N–H and O–H groups in total. The SMILES string of the molecule is S=C(CC(=S)N1CCC1)N1CCC1. The lowest BCUT2D eigenvalue weighted by molar-refractivity contribution is 0.291. The van der Waals surface area contributed by atoms with E-state index < -0.39 is 0 Å². The van der Waals surface area contributed by atoms with Crippen molar-refractivity contribution in [3.05, 3.63) is 0 Å². The fourth-order valence-electron chi connectivity index (χ4n) is 1.48. The maximum absolute atomic E-state index is 5.31. The summed E-state index contributed by atoms with van der Waals surface area (Å²) in [6.45, 7) is 4.56. The molecule has 2 saturated heterocycles. The molecule has 0 radical (unpaired) electrons. The highest BCUT2D eigenvalue weighted by Gasteiger charge is 2.22. The van der Waals surface area contributed by atoms with Gasteiger partial charge in [-0.3, -0.25) is 0 Å². The van der Waals surface area contributed by atoms with E-state index in [-0.39, 0.29) is 0 Å². The molecule has 4 heteroatoms. The summed E-state index contributed by atoms with van der Waals surface area (Å²) in [6.07, 6.45) is 3.40. The Morgan fingerprint density at radius 1 is 0.846 bits per heavy atom. The van der Waals surface area contributed by atoms with Gasteiger partial charge in [0.2, 0.25) is 0 Å². The highest BCUT2D eigenvalue weighted by atomic mass is 32.1. The van der Waals surface area contributed by atoms with Crippen molar-refractivity contribution in [1.82, 2.24) is 9.80 Å². The molecule has 0 aliphatic carbocycles. The molecule has 0 aromatic carbocycles. The predicted molar refractivity (Wildman–Crippen MR) is 62.2 cm³/mol. The third-order valence-electron chi connectivity index (χ3n) is 2.72. The third-order valence-corrected chi connectivity index (χ3v) is 3.53. The molecule has 0 atom stereocenters. The average Bonchev–Trinajstić information content (AvgIpc) is 1.76. The molecule has 0 unspecified atom stereocenters. The van der Waals surface area contributed by atoms with Gasteiger partial charge < -0.3 is 9.80 Å². The number of nitrogens with zero attached hydrogens (tertiary/aromatic N) is 2. The molecule has 0 aromatic heterocycles. The zero-order valence-electron chi connectivity index (χ0n) is 7.66. The third kappa shape index (κ3) is 1.99. The molecule has 0 amide bonds. The van der Waals surface area contributed by atoms with Gasteiger partial charge >= 0.3 is 0 Å². The lowest BCUT2D eigenvalue weighted by Crippen LogP contribution is -2.46. The molecular formula is C9H14N2S2. The van der Waals surface area contributed by atoms with Crippen LogP contribution in [0.25, 0.3) is 0 Å². The predicted octanol–water partition coefficient (Wildman–Crippen LogP) is 1.44. The van der Waals surface area contributed by atoms with Crippen LogP contribution in [-0.4, -0.2) is 46.0 Å². The number of thiocarbonyl (C=S) groups is 2. The van der Waals surface area contributed by atoms with Crippen molar-refractivity contribution in [2.45, 2.75) is 19.3 Å². The summed E-state index contributed by atoms with van der Waals surface area (Å²) in [5.41, 5.74) is 0. The molecule has 2 aliphatic rings. The molecule has 13 heavy (non-hydrogen) atoms. The highest BCUT2D eigenvalue weighted by molar-refractivity contribution is 7.82. The molecule has 0 saturated carbocycles. The summed E-state index contributed by atoms with van der Waals surface area (Å²) >= 11 is 10.6. The van der Waals surface area contributed by atoms with Gasteiger partial charge in [-0.2, -0.15) is 0 Å². The normalized spacial score (nSPS) is 20.6. The van der Waals surface area contributed by atoms with E-state index in [0.29, 0.717) is 0 Å². The zero-order chi connectivity index (χ0) is 9.26. The van der Waals surface area contributed by atoms with Crippen molar-refractivity contribution >= 4 is 34.4 Å². The van der Waals surface area contributed by atoms with Crippen LogP contribution >= 0.6 is 24.4 Å². The Hall–Kier alpha value is -0.220. The van der Waals surface area contributed by atoms with Gasteiger partial charge in [0.15, 0.2) is 0 Å². The summed E-state index contributed by atoms with van der Waals surface area (Å²) < 4.78 is 0. The minimum Gasteiger partial charge on any atom is -0.366 e. The van der Waals surface area contributed by atoms with E-state index in [4.69, 9.17) is 24.4 Å². The van der Waals surface area contributed by atoms with Crippen LogP contribution in [0.4, 0.5) is 0 Å². The van der Waals surface area contributed by atoms with Crippen LogP contribution in [0.2, 0.25) is 0 Å². The van der Waals surface area contributed by atoms with Crippen LogP contribution in [0.5, 0.6) is 0 Å². The molecule has 0 bridgehead atoms. The number of likely N-dealkylation sites (tertiary alicyclic amines) is 2. The van der Waals surface area contributed by atoms with E-state index in [1.165, 1.54) is 12.8 Å². The van der Waals surface area contributed by atoms with Crippen LogP contribution in [0.1, 0.15) is 19.3 Å². The van der Waals surface area contributed by atoms with Crippen LogP contribution in [-0.2, 0) is 0 Å². The van der Waals surface area contributed by atoms with Gasteiger partial charge in [-0.05, 0) is 12.8 Å². The Morgan fingerprint density at radius 2 is 1.23 bits per heavy atom. The first kappa shape index (κ1) is 9.34. The van der Waals surface area contributed by atoms with E-state index in [2.05, 4.69) is 9.80 Å². The highest BCUT2D eigenvalue weighted by Crippen LogP contribution is 2.14. The van der Waals surface area contributed by atoms with Gasteiger partial charge in [0.05, 0.1) is 9.98 Å². The van der Waals surface area contributed by atoms with Gasteiger partial charge in [0.1, 0.15) is 0 Å². The van der Waals surface area contributed by atoms with Gasteiger partial charge in [-0.15, -0.1) is 0 Å². The Bertz CT molecular complexity index is 208. The van der Waals surface area contributed by atoms with E-state index >= 15 is 0 Å². The molecule has 2 aliphatic heterocycles. The van der Waals surface area contributed by atoms with Crippen molar-refractivity contribution in [3.63, 3.8) is 0 Å². The molecule has 2 rings (SSSR count). The van der Waals surface area contributed by atoms with E-state index in [0.717, 1.165) is 42.6 Å². The molecular weight excluding hydrogens is 200 g/mol. The topological polar surface area (TPSA) is 6.48 Å². The van der Waals surface area contributed by atoms with Crippen molar-refractivity contribution in [2.75, 3.05) is 26.2 Å². The van der Waals surface area contributed by atoms with Crippen LogP contribution in [0, 0.1) is 0 Å². The Kier molecular flexibility index (Phi) is 2.79. The largest absolute Gasteiger partial charge is 0.366 e. The first-order valence-corrected chi connectivity index (χ1v) is 5.64. The van der Waals surface area contributed by atoms with E-state index in [1.807, 2.05) is 0 Å². The summed E-state index contributed by atoms with van der Waals surface area (Å²) in [5, 5.41) is 0. The quantitative estimate of drug-likeness (QED) is 0.642. The van der Waals surface area contributed by atoms with E-state index in [9.17, 15) is 0 Å². The second-order valence-electron chi connectivity index (χ2n) is 3.65. The minimum absolute atomic E-state index is 0.824. The fraction of sp³-hybridized carbons (Fsp3) is 0.778. The van der Waals surface area contributed by atoms with Crippen molar-refractivity contribution in [2.24, 2.45) is 0 Å². The summed E-state index contributed by atoms with van der Waals surface area (Å²) in [4.78, 5) is 6.59. The van der Waals surface area contributed by atoms with Crippen LogP contribution in [0.3, 0.4) is 0 Å². The summed E-state index contributed by atoms with van der Waals surface area (Å²) in [7, 11) is 0. The van der Waals surface area contributed by atoms with Gasteiger partial charge in [0.25, 0.3) is 0 Å². The first-order chi connectivity index (χ1) is 6.27. The van der Waals surface area contributed by atoms with Crippen LogP contribution in [0.15, 0.2) is 0 Å². The molecule has 72 valence electrons. The molecule has 0 spiro atoms. The Balaban J connectivity index is 1.75. The smallest absolute Gasteiger partial charge is 0.0847 e. The molecule has 2 heterocycles. The zero-order valence-corrected chi connectivity index (χ0v) is 9.29. The van der Waals surface area contributed by atoms with Crippen molar-refractivity contribution < 1.29 is 0 Å². The minimum atomic E-state index is 0.824. The van der Waals surface area contributed by atoms with Crippen LogP contribution < -0.4 is 0 Å². The van der Waals surface area contributed by atoms with E-state index in [1.54, 1.807) is 0 Å². The lowest BCUT2D eigenvalue weighted by atomic mass is 10.2. The average molecular weight is 214 g/mol. The maximum atomic E-state index is 5.31. The number of rotatable bonds is 2. The molecule has 0 aromatic rings. The van der Waals surface area contributed by atoms with Crippen molar-refractivity contribution in [1.29, 1.82) is 0 Å². The second kappa shape index (κ2) is 3.88. The number of hydrogen-bond donors (Lipinski definition) is 0. The summed E-state index contributed by atoms with van der Waals surface area (Å²) in [6, 6.07) is 0. The Morgan fingerprint density at radius 3 is 1.46 bits per heavy atom. The molecule has 2 nitrogen and oxygen atoms in total. The van der Waals surface area contributed by atoms with Crippen molar-refractivity contribution in [3.8, 4) is 0 Å². The summed E-state index contributed by atoms with van der Waals surface area (Å²) in [5.74, 6) is 0. The Labute approximate surface area is 89.9 Å². The fourth-order valence-corrected chi connectivity index (χ4v) is 2.21. The van der Waals surface area contributed by atoms with Gasteiger partial charge in [-0.25, -0.2) is 0 Å². The standard InChI is InChI=1S/C9H14N2S2/c12-8(10-3-1-4-10)7-9(13)11-5-2-6-11/h1-7H2. The van der Waals surface area contributed by atoms with Gasteiger partial charge in [-0.1, -0.05) is 24.4 Å².